The van der Waals surface area contributed by atoms with Crippen LogP contribution in [0.25, 0.3) is 0 Å². The predicted molar refractivity (Wildman–Crippen MR) is 93.5 cm³/mol. The first-order chi connectivity index (χ1) is 12.0. The second-order valence-electron chi connectivity index (χ2n) is 7.13. The fourth-order valence-electron chi connectivity index (χ4n) is 1.78. The number of nitrogens with zero attached hydrogens (tertiary/aromatic N) is 1. The monoisotopic (exact) mass is 406 g/mol. The first-order valence-corrected chi connectivity index (χ1v) is 8.16. The van der Waals surface area contributed by atoms with Gasteiger partial charge in [-0.3, -0.25) is 4.79 Å². The maximum atomic E-state index is 14.0. The van der Waals surface area contributed by atoms with Gasteiger partial charge in [0.25, 0.3) is 5.67 Å². The van der Waals surface area contributed by atoms with Gasteiger partial charge in [0, 0.05) is 7.11 Å². The average Bonchev–Trinajstić information content (AvgIpc) is 2.50. The molecule has 0 fully saturated rings. The van der Waals surface area contributed by atoms with Crippen molar-refractivity contribution >= 4 is 6.29 Å². The van der Waals surface area contributed by atoms with Gasteiger partial charge in [-0.25, -0.2) is 4.39 Å². The van der Waals surface area contributed by atoms with Crippen molar-refractivity contribution in [1.29, 1.82) is 0 Å². The Labute approximate surface area is 157 Å². The van der Waals surface area contributed by atoms with Gasteiger partial charge >= 0.3 is 12.1 Å². The highest BCUT2D eigenvalue weighted by atomic mass is 19.4. The molecule has 3 nitrogen and oxygen atoms in total. The lowest BCUT2D eigenvalue weighted by Gasteiger charge is -2.40. The van der Waals surface area contributed by atoms with Gasteiger partial charge in [-0.15, -0.1) is 0 Å². The molecule has 0 heterocycles. The summed E-state index contributed by atoms with van der Waals surface area (Å²) < 4.78 is 83.7. The van der Waals surface area contributed by atoms with E-state index in [1.807, 2.05) is 0 Å². The first kappa shape index (κ1) is 27.9. The molecule has 160 valence electrons. The van der Waals surface area contributed by atoms with Crippen molar-refractivity contribution in [2.24, 2.45) is 0 Å². The Morgan fingerprint density at radius 1 is 1.11 bits per heavy atom. The molecular weight excluding hydrogens is 376 g/mol. The van der Waals surface area contributed by atoms with Crippen molar-refractivity contribution in [3.63, 3.8) is 0 Å². The van der Waals surface area contributed by atoms with Crippen LogP contribution in [-0.4, -0.2) is 68.9 Å². The molecule has 0 amide bonds. The molecule has 0 saturated carbocycles. The third-order valence-corrected chi connectivity index (χ3v) is 3.78. The summed E-state index contributed by atoms with van der Waals surface area (Å²) >= 11 is 0. The number of quaternary nitrogens is 1. The van der Waals surface area contributed by atoms with Gasteiger partial charge < -0.3 is 9.22 Å². The third-order valence-electron chi connectivity index (χ3n) is 3.78. The van der Waals surface area contributed by atoms with Crippen LogP contribution in [0.2, 0.25) is 0 Å². The van der Waals surface area contributed by atoms with Gasteiger partial charge in [-0.1, -0.05) is 12.2 Å². The Morgan fingerprint density at radius 2 is 1.56 bits per heavy atom. The van der Waals surface area contributed by atoms with E-state index < -0.39 is 28.8 Å². The summed E-state index contributed by atoms with van der Waals surface area (Å²) in [6.07, 6.45) is -3.28. The molecule has 0 N–H and O–H groups in total. The number of methoxy groups -OCH3 is 1. The standard InChI is InChI=1S/C14H24F6NO.C4H6O/c1-11(2)6-7-21(4,8-9-22-5)10-13(16,17)12(3,15)14(18,19)20;1-4(2)3-5/h6H,7-10H2,1-5H3;3H,1H2,2H3/q+1;. The Morgan fingerprint density at radius 3 is 1.85 bits per heavy atom. The van der Waals surface area contributed by atoms with Crippen LogP contribution in [0.5, 0.6) is 0 Å². The molecular formula is C18H30F6NO2+. The molecule has 0 aliphatic rings. The average molecular weight is 406 g/mol. The lowest BCUT2D eigenvalue weighted by Crippen LogP contribution is -2.62. The van der Waals surface area contributed by atoms with E-state index in [4.69, 9.17) is 4.74 Å². The number of carbonyl (C=O) groups is 1. The largest absolute Gasteiger partial charge is 0.428 e. The Balaban J connectivity index is 0. The lowest BCUT2D eigenvalue weighted by atomic mass is 9.98. The van der Waals surface area contributed by atoms with Crippen LogP contribution in [0.1, 0.15) is 27.7 Å². The van der Waals surface area contributed by atoms with Gasteiger partial charge in [-0.2, -0.15) is 22.0 Å². The van der Waals surface area contributed by atoms with Crippen LogP contribution in [0.4, 0.5) is 26.3 Å². The number of aldehydes is 1. The quantitative estimate of drug-likeness (QED) is 0.182. The topological polar surface area (TPSA) is 26.3 Å². The van der Waals surface area contributed by atoms with E-state index in [2.05, 4.69) is 6.58 Å². The molecule has 0 bridgehead atoms. The number of ether oxygens (including phenoxy) is 1. The van der Waals surface area contributed by atoms with Gasteiger partial charge in [0.05, 0.1) is 20.2 Å². The predicted octanol–water partition coefficient (Wildman–Crippen LogP) is 4.73. The highest BCUT2D eigenvalue weighted by Gasteiger charge is 2.69. The van der Waals surface area contributed by atoms with Crippen molar-refractivity contribution in [2.75, 3.05) is 40.4 Å². The summed E-state index contributed by atoms with van der Waals surface area (Å²) in [6.45, 7) is 7.26. The second kappa shape index (κ2) is 10.8. The van der Waals surface area contributed by atoms with Crippen molar-refractivity contribution < 1.29 is 40.4 Å². The maximum Gasteiger partial charge on any atom is 0.428 e. The number of alkyl halides is 6. The number of halogens is 6. The zero-order valence-electron chi connectivity index (χ0n) is 16.7. The summed E-state index contributed by atoms with van der Waals surface area (Å²) in [4.78, 5) is 9.41. The zero-order valence-corrected chi connectivity index (χ0v) is 16.7. The molecule has 0 radical (unpaired) electrons. The summed E-state index contributed by atoms with van der Waals surface area (Å²) in [5, 5.41) is 0. The van der Waals surface area contributed by atoms with E-state index in [0.29, 0.717) is 5.57 Å². The Kier molecular flexibility index (Phi) is 11.2. The molecule has 0 rings (SSSR count). The van der Waals surface area contributed by atoms with Crippen LogP contribution in [0.15, 0.2) is 23.8 Å². The van der Waals surface area contributed by atoms with E-state index >= 15 is 0 Å². The minimum Gasteiger partial charge on any atom is -0.379 e. The molecule has 0 aromatic heterocycles. The molecule has 0 aliphatic heterocycles. The SMILES string of the molecule is C=C(C)C=O.COCC[N+](C)(CC=C(C)C)CC(F)(F)C(C)(F)C(F)(F)F. The molecule has 0 aromatic rings. The van der Waals surface area contributed by atoms with Crippen molar-refractivity contribution in [3.8, 4) is 0 Å². The van der Waals surface area contributed by atoms with Gasteiger partial charge in [0.15, 0.2) is 0 Å². The number of carbonyl (C=O) groups excluding carboxylic acids is 1. The van der Waals surface area contributed by atoms with Crippen LogP contribution in [0, 0.1) is 0 Å². The number of hydrogen-bond donors (Lipinski definition) is 0. The van der Waals surface area contributed by atoms with Crippen LogP contribution >= 0.6 is 0 Å². The number of hydrogen-bond acceptors (Lipinski definition) is 2. The number of allylic oxidation sites excluding steroid dienone is 2. The molecule has 0 aliphatic carbocycles. The molecule has 27 heavy (non-hydrogen) atoms. The van der Waals surface area contributed by atoms with Crippen molar-refractivity contribution in [1.82, 2.24) is 0 Å². The smallest absolute Gasteiger partial charge is 0.379 e. The van der Waals surface area contributed by atoms with Crippen molar-refractivity contribution in [3.05, 3.63) is 23.8 Å². The van der Waals surface area contributed by atoms with Crippen LogP contribution in [0.3, 0.4) is 0 Å². The van der Waals surface area contributed by atoms with E-state index in [1.54, 1.807) is 26.8 Å². The lowest BCUT2D eigenvalue weighted by molar-refractivity contribution is -0.913. The van der Waals surface area contributed by atoms with E-state index in [0.717, 1.165) is 11.9 Å². The maximum absolute atomic E-state index is 14.0. The molecule has 2 atom stereocenters. The Hall–Kier alpha value is -1.35. The zero-order chi connectivity index (χ0) is 22.1. The normalized spacial score (nSPS) is 16.3. The minimum atomic E-state index is -5.64. The number of rotatable bonds is 9. The molecule has 0 aromatic carbocycles. The van der Waals surface area contributed by atoms with Crippen LogP contribution < -0.4 is 0 Å². The fourth-order valence-corrected chi connectivity index (χ4v) is 1.78. The van der Waals surface area contributed by atoms with E-state index in [-0.39, 0.29) is 26.6 Å². The second-order valence-corrected chi connectivity index (χ2v) is 7.13. The van der Waals surface area contributed by atoms with Crippen molar-refractivity contribution in [2.45, 2.75) is 45.5 Å². The minimum absolute atomic E-state index is 0.0454. The highest BCUT2D eigenvalue weighted by Crippen LogP contribution is 2.45. The summed E-state index contributed by atoms with van der Waals surface area (Å²) in [6, 6.07) is 0. The van der Waals surface area contributed by atoms with Gasteiger partial charge in [0.1, 0.15) is 19.4 Å². The third kappa shape index (κ3) is 9.95. The molecule has 0 spiro atoms. The summed E-state index contributed by atoms with van der Waals surface area (Å²) in [5.74, 6) is -4.55. The van der Waals surface area contributed by atoms with Crippen LogP contribution in [-0.2, 0) is 9.53 Å². The fraction of sp³-hybridized carbons (Fsp3) is 0.722. The van der Waals surface area contributed by atoms with Gasteiger partial charge in [0.2, 0.25) is 0 Å². The van der Waals surface area contributed by atoms with E-state index in [9.17, 15) is 31.1 Å². The Bertz CT molecular complexity index is 510. The summed E-state index contributed by atoms with van der Waals surface area (Å²) in [7, 11) is 2.72. The molecule has 0 saturated heterocycles. The van der Waals surface area contributed by atoms with Gasteiger partial charge in [-0.05, 0) is 39.3 Å². The van der Waals surface area contributed by atoms with E-state index in [1.165, 1.54) is 14.2 Å². The summed E-state index contributed by atoms with van der Waals surface area (Å²) in [5.41, 5.74) is -3.17. The first-order valence-electron chi connectivity index (χ1n) is 8.16. The molecule has 9 heteroatoms. The molecule has 2 unspecified atom stereocenters. The number of likely N-dealkylation sites (N-methyl/N-ethyl adjacent to an activating group) is 1. The highest BCUT2D eigenvalue weighted by molar-refractivity contribution is 5.70.